The van der Waals surface area contributed by atoms with E-state index in [9.17, 15) is 9.90 Å². The molecule has 0 unspecified atom stereocenters. The van der Waals surface area contributed by atoms with Crippen molar-refractivity contribution in [2.75, 3.05) is 13.2 Å². The quantitative estimate of drug-likeness (QED) is 0.842. The van der Waals surface area contributed by atoms with Crippen LogP contribution in [-0.2, 0) is 11.2 Å². The molecule has 3 nitrogen and oxygen atoms in total. The van der Waals surface area contributed by atoms with Gasteiger partial charge in [0, 0.05) is 12.6 Å². The molecule has 0 aliphatic carbocycles. The Bertz CT molecular complexity index is 450. The van der Waals surface area contributed by atoms with Gasteiger partial charge in [-0.3, -0.25) is 4.79 Å². The molecule has 1 fully saturated rings. The number of aliphatic hydroxyl groups excluding tert-OH is 1. The van der Waals surface area contributed by atoms with Gasteiger partial charge in [-0.1, -0.05) is 31.2 Å². The maximum absolute atomic E-state index is 12.0. The predicted octanol–water partition coefficient (Wildman–Crippen LogP) is 2.25. The minimum absolute atomic E-state index is 0.000354. The third-order valence-corrected chi connectivity index (χ3v) is 3.68. The first-order valence-electron chi connectivity index (χ1n) is 6.93. The number of carbonyl (C=O) groups excluding carboxylic acids is 1. The molecular weight excluding hydrogens is 238 g/mol. The number of aliphatic hydroxyl groups is 1. The van der Waals surface area contributed by atoms with Crippen molar-refractivity contribution in [3.05, 3.63) is 41.5 Å². The normalized spacial score (nSPS) is 19.3. The third kappa shape index (κ3) is 3.44. The molecule has 1 heterocycles. The SMILES string of the molecule is CCc1ccc(C=CC(=O)N2CCC[C@H]2CO)cc1. The summed E-state index contributed by atoms with van der Waals surface area (Å²) in [5, 5.41) is 9.21. The van der Waals surface area contributed by atoms with Gasteiger partial charge >= 0.3 is 0 Å². The summed E-state index contributed by atoms with van der Waals surface area (Å²) >= 11 is 0. The summed E-state index contributed by atoms with van der Waals surface area (Å²) < 4.78 is 0. The number of carbonyl (C=O) groups is 1. The van der Waals surface area contributed by atoms with E-state index in [1.54, 1.807) is 11.0 Å². The second kappa shape index (κ2) is 6.53. The van der Waals surface area contributed by atoms with Crippen molar-refractivity contribution in [2.45, 2.75) is 32.2 Å². The molecule has 0 spiro atoms. The number of benzene rings is 1. The van der Waals surface area contributed by atoms with Crippen molar-refractivity contribution in [1.29, 1.82) is 0 Å². The van der Waals surface area contributed by atoms with Crippen LogP contribution in [0.4, 0.5) is 0 Å². The first kappa shape index (κ1) is 13.8. The number of hydrogen-bond acceptors (Lipinski definition) is 2. The van der Waals surface area contributed by atoms with Crippen molar-refractivity contribution in [3.8, 4) is 0 Å². The second-order valence-corrected chi connectivity index (χ2v) is 4.94. The van der Waals surface area contributed by atoms with Gasteiger partial charge in [0.1, 0.15) is 0 Å². The van der Waals surface area contributed by atoms with E-state index in [0.29, 0.717) is 0 Å². The highest BCUT2D eigenvalue weighted by molar-refractivity contribution is 5.92. The van der Waals surface area contributed by atoms with Crippen LogP contribution >= 0.6 is 0 Å². The molecule has 1 atom stereocenters. The number of amides is 1. The first-order chi connectivity index (χ1) is 9.24. The maximum atomic E-state index is 12.0. The molecule has 1 aromatic rings. The smallest absolute Gasteiger partial charge is 0.246 e. The average Bonchev–Trinajstić information content (AvgIpc) is 2.93. The lowest BCUT2D eigenvalue weighted by Gasteiger charge is -2.21. The van der Waals surface area contributed by atoms with E-state index < -0.39 is 0 Å². The molecule has 1 amide bonds. The van der Waals surface area contributed by atoms with Gasteiger partial charge in [-0.25, -0.2) is 0 Å². The summed E-state index contributed by atoms with van der Waals surface area (Å²) in [6.45, 7) is 2.94. The van der Waals surface area contributed by atoms with E-state index in [-0.39, 0.29) is 18.6 Å². The van der Waals surface area contributed by atoms with Crippen molar-refractivity contribution >= 4 is 12.0 Å². The van der Waals surface area contributed by atoms with E-state index in [1.807, 2.05) is 18.2 Å². The topological polar surface area (TPSA) is 40.5 Å². The van der Waals surface area contributed by atoms with Crippen molar-refractivity contribution < 1.29 is 9.90 Å². The monoisotopic (exact) mass is 259 g/mol. The molecule has 1 aliphatic heterocycles. The van der Waals surface area contributed by atoms with Gasteiger partial charge in [-0.15, -0.1) is 0 Å². The Kier molecular flexibility index (Phi) is 4.74. The lowest BCUT2D eigenvalue weighted by atomic mass is 10.1. The highest BCUT2D eigenvalue weighted by Crippen LogP contribution is 2.17. The van der Waals surface area contributed by atoms with Gasteiger partial charge in [0.05, 0.1) is 12.6 Å². The van der Waals surface area contributed by atoms with Crippen molar-refractivity contribution in [3.63, 3.8) is 0 Å². The molecule has 0 radical (unpaired) electrons. The molecule has 1 aromatic carbocycles. The van der Waals surface area contributed by atoms with E-state index >= 15 is 0 Å². The number of aryl methyl sites for hydroxylation is 1. The van der Waals surface area contributed by atoms with Gasteiger partial charge in [0.2, 0.25) is 5.91 Å². The van der Waals surface area contributed by atoms with E-state index in [0.717, 1.165) is 31.4 Å². The summed E-state index contributed by atoms with van der Waals surface area (Å²) in [7, 11) is 0. The van der Waals surface area contributed by atoms with Gasteiger partial charge in [0.25, 0.3) is 0 Å². The number of hydrogen-bond donors (Lipinski definition) is 1. The largest absolute Gasteiger partial charge is 0.394 e. The molecule has 0 aromatic heterocycles. The molecule has 1 N–H and O–H groups in total. The van der Waals surface area contributed by atoms with Gasteiger partial charge < -0.3 is 10.0 Å². The zero-order valence-electron chi connectivity index (χ0n) is 11.4. The molecule has 1 aliphatic rings. The summed E-state index contributed by atoms with van der Waals surface area (Å²) in [5.74, 6) is -0.00359. The molecule has 2 rings (SSSR count). The molecule has 19 heavy (non-hydrogen) atoms. The fourth-order valence-electron chi connectivity index (χ4n) is 2.44. The minimum Gasteiger partial charge on any atom is -0.394 e. The molecule has 3 heteroatoms. The van der Waals surface area contributed by atoms with Crippen LogP contribution in [0.15, 0.2) is 30.3 Å². The predicted molar refractivity (Wildman–Crippen MR) is 76.7 cm³/mol. The van der Waals surface area contributed by atoms with E-state index in [2.05, 4.69) is 19.1 Å². The zero-order chi connectivity index (χ0) is 13.7. The fraction of sp³-hybridized carbons (Fsp3) is 0.438. The third-order valence-electron chi connectivity index (χ3n) is 3.68. The molecule has 1 saturated heterocycles. The van der Waals surface area contributed by atoms with Crippen molar-refractivity contribution in [2.24, 2.45) is 0 Å². The zero-order valence-corrected chi connectivity index (χ0v) is 11.4. The van der Waals surface area contributed by atoms with Crippen LogP contribution in [0.2, 0.25) is 0 Å². The summed E-state index contributed by atoms with van der Waals surface area (Å²) in [5.41, 5.74) is 2.33. The summed E-state index contributed by atoms with van der Waals surface area (Å²) in [6, 6.07) is 8.21. The van der Waals surface area contributed by atoms with Crippen LogP contribution in [0.5, 0.6) is 0 Å². The van der Waals surface area contributed by atoms with Gasteiger partial charge in [0.15, 0.2) is 0 Å². The Morgan fingerprint density at radius 2 is 2.16 bits per heavy atom. The Balaban J connectivity index is 1.99. The Morgan fingerprint density at radius 3 is 2.79 bits per heavy atom. The summed E-state index contributed by atoms with van der Waals surface area (Å²) in [6.07, 6.45) is 6.36. The van der Waals surface area contributed by atoms with Gasteiger partial charge in [-0.2, -0.15) is 0 Å². The fourth-order valence-corrected chi connectivity index (χ4v) is 2.44. The average molecular weight is 259 g/mol. The molecule has 102 valence electrons. The molecular formula is C16H21NO2. The lowest BCUT2D eigenvalue weighted by molar-refractivity contribution is -0.127. The van der Waals surface area contributed by atoms with Gasteiger partial charge in [-0.05, 0) is 36.5 Å². The van der Waals surface area contributed by atoms with Crippen LogP contribution < -0.4 is 0 Å². The van der Waals surface area contributed by atoms with Crippen molar-refractivity contribution in [1.82, 2.24) is 4.90 Å². The van der Waals surface area contributed by atoms with Crippen LogP contribution in [0.3, 0.4) is 0 Å². The van der Waals surface area contributed by atoms with Crippen LogP contribution in [-0.4, -0.2) is 35.1 Å². The van der Waals surface area contributed by atoms with Crippen LogP contribution in [0.1, 0.15) is 30.9 Å². The second-order valence-electron chi connectivity index (χ2n) is 4.94. The highest BCUT2D eigenvalue weighted by atomic mass is 16.3. The summed E-state index contributed by atoms with van der Waals surface area (Å²) in [4.78, 5) is 13.8. The number of likely N-dealkylation sites (tertiary alicyclic amines) is 1. The molecule has 0 saturated carbocycles. The highest BCUT2D eigenvalue weighted by Gasteiger charge is 2.26. The van der Waals surface area contributed by atoms with Crippen LogP contribution in [0.25, 0.3) is 6.08 Å². The Morgan fingerprint density at radius 1 is 1.42 bits per heavy atom. The maximum Gasteiger partial charge on any atom is 0.246 e. The van der Waals surface area contributed by atoms with E-state index in [4.69, 9.17) is 0 Å². The van der Waals surface area contributed by atoms with E-state index in [1.165, 1.54) is 5.56 Å². The van der Waals surface area contributed by atoms with Crippen LogP contribution in [0, 0.1) is 0 Å². The number of nitrogens with zero attached hydrogens (tertiary/aromatic N) is 1. The first-order valence-corrected chi connectivity index (χ1v) is 6.93. The Hall–Kier alpha value is -1.61. The molecule has 0 bridgehead atoms. The minimum atomic E-state index is -0.00359. The lowest BCUT2D eigenvalue weighted by Crippen LogP contribution is -2.36. The standard InChI is InChI=1S/C16H21NO2/c1-2-13-5-7-14(8-6-13)9-10-16(19)17-11-3-4-15(17)12-18/h5-10,15,18H,2-4,11-12H2,1H3/t15-/m0/s1. The number of rotatable bonds is 4. The Labute approximate surface area is 114 Å².